The first-order valence-electron chi connectivity index (χ1n) is 6.38. The minimum atomic E-state index is -0.132. The second-order valence-electron chi connectivity index (χ2n) is 4.53. The number of aryl methyl sites for hydroxylation is 2. The van der Waals surface area contributed by atoms with Crippen LogP contribution in [0.4, 0.5) is 5.69 Å². The first-order chi connectivity index (χ1) is 10.1. The van der Waals surface area contributed by atoms with Crippen molar-refractivity contribution in [1.82, 2.24) is 4.98 Å². The summed E-state index contributed by atoms with van der Waals surface area (Å²) < 4.78 is 15.9. The molecule has 7 heteroatoms. The van der Waals surface area contributed by atoms with E-state index in [1.807, 2.05) is 13.8 Å². The van der Waals surface area contributed by atoms with Crippen LogP contribution in [-0.4, -0.2) is 23.4 Å². The first kappa shape index (κ1) is 13.8. The van der Waals surface area contributed by atoms with Crippen LogP contribution in [0.3, 0.4) is 0 Å². The maximum absolute atomic E-state index is 11.9. The van der Waals surface area contributed by atoms with Crippen LogP contribution in [0.1, 0.15) is 11.5 Å². The Labute approximate surface area is 125 Å². The molecule has 0 fully saturated rings. The number of hydrogen-bond donors (Lipinski definition) is 1. The fraction of sp³-hybridized carbons (Fsp3) is 0.286. The number of fused-ring (bicyclic) bond motifs is 1. The molecule has 1 amide bonds. The number of benzene rings is 1. The molecule has 110 valence electrons. The van der Waals surface area contributed by atoms with Crippen molar-refractivity contribution in [2.45, 2.75) is 19.1 Å². The summed E-state index contributed by atoms with van der Waals surface area (Å²) in [6, 6.07) is 5.28. The number of rotatable bonds is 4. The molecule has 0 saturated heterocycles. The third kappa shape index (κ3) is 3.13. The maximum Gasteiger partial charge on any atom is 0.256 e. The summed E-state index contributed by atoms with van der Waals surface area (Å²) in [5.74, 6) is 2.20. The molecule has 0 bridgehead atoms. The van der Waals surface area contributed by atoms with Crippen LogP contribution in [0.25, 0.3) is 0 Å². The van der Waals surface area contributed by atoms with Crippen molar-refractivity contribution in [1.29, 1.82) is 0 Å². The van der Waals surface area contributed by atoms with Crippen molar-refractivity contribution in [2.24, 2.45) is 0 Å². The summed E-state index contributed by atoms with van der Waals surface area (Å²) in [6.07, 6.45) is 0. The van der Waals surface area contributed by atoms with Gasteiger partial charge in [-0.05, 0) is 26.0 Å². The lowest BCUT2D eigenvalue weighted by molar-refractivity contribution is -0.113. The molecule has 0 atom stereocenters. The maximum atomic E-state index is 11.9. The summed E-state index contributed by atoms with van der Waals surface area (Å²) in [5.41, 5.74) is 1.51. The summed E-state index contributed by atoms with van der Waals surface area (Å²) in [7, 11) is 0. The molecule has 21 heavy (non-hydrogen) atoms. The number of nitrogens with zero attached hydrogens (tertiary/aromatic N) is 1. The molecule has 1 aromatic heterocycles. The number of amides is 1. The van der Waals surface area contributed by atoms with E-state index in [-0.39, 0.29) is 18.5 Å². The fourth-order valence-electron chi connectivity index (χ4n) is 1.80. The average molecular weight is 306 g/mol. The zero-order valence-corrected chi connectivity index (χ0v) is 12.5. The smallest absolute Gasteiger partial charge is 0.256 e. The lowest BCUT2D eigenvalue weighted by Gasteiger charge is -2.05. The van der Waals surface area contributed by atoms with Gasteiger partial charge in [0.2, 0.25) is 12.7 Å². The van der Waals surface area contributed by atoms with Gasteiger partial charge in [0.05, 0.1) is 11.4 Å². The monoisotopic (exact) mass is 306 g/mol. The Bertz CT molecular complexity index is 664. The number of ether oxygens (including phenoxy) is 2. The highest BCUT2D eigenvalue weighted by Gasteiger charge is 2.14. The van der Waals surface area contributed by atoms with E-state index in [4.69, 9.17) is 13.9 Å². The van der Waals surface area contributed by atoms with Crippen LogP contribution in [0, 0.1) is 13.8 Å². The molecule has 1 aromatic carbocycles. The van der Waals surface area contributed by atoms with Gasteiger partial charge in [0.15, 0.2) is 11.5 Å². The number of nitrogens with one attached hydrogen (secondary N) is 1. The Morgan fingerprint density at radius 1 is 1.33 bits per heavy atom. The summed E-state index contributed by atoms with van der Waals surface area (Å²) in [6.45, 7) is 3.93. The van der Waals surface area contributed by atoms with Gasteiger partial charge in [-0.2, -0.15) is 0 Å². The van der Waals surface area contributed by atoms with Gasteiger partial charge in [-0.1, -0.05) is 11.8 Å². The molecule has 1 N–H and O–H groups in total. The van der Waals surface area contributed by atoms with Gasteiger partial charge in [-0.15, -0.1) is 0 Å². The van der Waals surface area contributed by atoms with Gasteiger partial charge in [-0.3, -0.25) is 4.79 Å². The molecule has 0 spiro atoms. The van der Waals surface area contributed by atoms with Gasteiger partial charge >= 0.3 is 0 Å². The Morgan fingerprint density at radius 3 is 2.90 bits per heavy atom. The fourth-order valence-corrected chi connectivity index (χ4v) is 2.52. The number of carbonyl (C=O) groups is 1. The van der Waals surface area contributed by atoms with Crippen molar-refractivity contribution < 1.29 is 18.7 Å². The Morgan fingerprint density at radius 2 is 2.14 bits per heavy atom. The molecule has 1 aliphatic heterocycles. The first-order valence-corrected chi connectivity index (χ1v) is 7.37. The zero-order chi connectivity index (χ0) is 14.8. The average Bonchev–Trinajstić information content (AvgIpc) is 3.03. The van der Waals surface area contributed by atoms with Gasteiger partial charge in [-0.25, -0.2) is 4.98 Å². The Balaban J connectivity index is 1.56. The van der Waals surface area contributed by atoms with Gasteiger partial charge in [0.25, 0.3) is 5.22 Å². The summed E-state index contributed by atoms with van der Waals surface area (Å²) >= 11 is 1.26. The van der Waals surface area contributed by atoms with Crippen molar-refractivity contribution in [3.63, 3.8) is 0 Å². The van der Waals surface area contributed by atoms with Crippen molar-refractivity contribution >= 4 is 23.4 Å². The third-order valence-electron chi connectivity index (χ3n) is 2.99. The molecular formula is C14H14N2O4S. The Hall–Kier alpha value is -2.15. The van der Waals surface area contributed by atoms with Gasteiger partial charge < -0.3 is 19.2 Å². The van der Waals surface area contributed by atoms with Crippen LogP contribution < -0.4 is 14.8 Å². The number of aromatic nitrogens is 1. The quantitative estimate of drug-likeness (QED) is 0.876. The standard InChI is InChI=1S/C14H14N2O4S/c1-8-9(2)20-14(15-8)21-6-13(17)16-10-3-4-11-12(5-10)19-7-18-11/h3-5H,6-7H2,1-2H3,(H,16,17). The summed E-state index contributed by atoms with van der Waals surface area (Å²) in [4.78, 5) is 16.1. The van der Waals surface area contributed by atoms with E-state index < -0.39 is 0 Å². The highest BCUT2D eigenvalue weighted by molar-refractivity contribution is 7.99. The minimum Gasteiger partial charge on any atom is -0.454 e. The number of carbonyl (C=O) groups excluding carboxylic acids is 1. The molecule has 6 nitrogen and oxygen atoms in total. The van der Waals surface area contributed by atoms with E-state index >= 15 is 0 Å². The van der Waals surface area contributed by atoms with Crippen LogP contribution in [0.2, 0.25) is 0 Å². The Kier molecular flexibility index (Phi) is 3.74. The molecular weight excluding hydrogens is 292 g/mol. The highest BCUT2D eigenvalue weighted by Crippen LogP contribution is 2.34. The predicted octanol–water partition coefficient (Wildman–Crippen LogP) is 2.75. The predicted molar refractivity (Wildman–Crippen MR) is 77.9 cm³/mol. The second-order valence-corrected chi connectivity index (χ2v) is 5.45. The normalized spacial score (nSPS) is 12.5. The van der Waals surface area contributed by atoms with Crippen molar-refractivity contribution in [3.05, 3.63) is 29.7 Å². The largest absolute Gasteiger partial charge is 0.454 e. The molecule has 0 saturated carbocycles. The van der Waals surface area contributed by atoms with E-state index in [1.54, 1.807) is 18.2 Å². The molecule has 3 rings (SSSR count). The zero-order valence-electron chi connectivity index (χ0n) is 11.6. The van der Waals surface area contributed by atoms with Crippen molar-refractivity contribution in [2.75, 3.05) is 17.9 Å². The topological polar surface area (TPSA) is 73.6 Å². The van der Waals surface area contributed by atoms with Crippen LogP contribution in [0.15, 0.2) is 27.8 Å². The lowest BCUT2D eigenvalue weighted by Crippen LogP contribution is -2.13. The van der Waals surface area contributed by atoms with Gasteiger partial charge in [0, 0.05) is 11.8 Å². The third-order valence-corrected chi connectivity index (χ3v) is 3.82. The van der Waals surface area contributed by atoms with E-state index in [0.29, 0.717) is 22.4 Å². The molecule has 0 aliphatic carbocycles. The summed E-state index contributed by atoms with van der Waals surface area (Å²) in [5, 5.41) is 3.30. The lowest BCUT2D eigenvalue weighted by atomic mass is 10.3. The van der Waals surface area contributed by atoms with Crippen molar-refractivity contribution in [3.8, 4) is 11.5 Å². The SMILES string of the molecule is Cc1nc(SCC(=O)Nc2ccc3c(c2)OCO3)oc1C. The van der Waals surface area contributed by atoms with Crippen LogP contribution in [-0.2, 0) is 4.79 Å². The van der Waals surface area contributed by atoms with E-state index in [0.717, 1.165) is 11.5 Å². The molecule has 2 aromatic rings. The van der Waals surface area contributed by atoms with E-state index in [2.05, 4.69) is 10.3 Å². The van der Waals surface area contributed by atoms with E-state index in [9.17, 15) is 4.79 Å². The second kappa shape index (κ2) is 5.69. The number of anilines is 1. The number of thioether (sulfide) groups is 1. The minimum absolute atomic E-state index is 0.132. The number of hydrogen-bond acceptors (Lipinski definition) is 6. The van der Waals surface area contributed by atoms with Gasteiger partial charge in [0.1, 0.15) is 5.76 Å². The highest BCUT2D eigenvalue weighted by atomic mass is 32.2. The van der Waals surface area contributed by atoms with Crippen LogP contribution in [0.5, 0.6) is 11.5 Å². The van der Waals surface area contributed by atoms with E-state index in [1.165, 1.54) is 11.8 Å². The molecule has 0 radical (unpaired) electrons. The van der Waals surface area contributed by atoms with Crippen LogP contribution >= 0.6 is 11.8 Å². The molecule has 0 unspecified atom stereocenters. The number of oxazole rings is 1. The molecule has 2 heterocycles. The molecule has 1 aliphatic rings.